The Morgan fingerprint density at radius 3 is 1.85 bits per heavy atom. The number of ether oxygens (including phenoxy) is 1. The van der Waals surface area contributed by atoms with E-state index in [-0.39, 0.29) is 11.5 Å². The van der Waals surface area contributed by atoms with Gasteiger partial charge in [0, 0.05) is 11.1 Å². The molecule has 0 aromatic carbocycles. The molecule has 13 heavy (non-hydrogen) atoms. The third-order valence-electron chi connectivity index (χ3n) is 0.624. The Labute approximate surface area is 81.0 Å². The first-order chi connectivity index (χ1) is 5.68. The molecular formula is C10H21NO2. The van der Waals surface area contributed by atoms with Gasteiger partial charge >= 0.3 is 5.97 Å². The molecule has 0 saturated carbocycles. The fourth-order valence-corrected chi connectivity index (χ4v) is 0.254. The number of esters is 1. The summed E-state index contributed by atoms with van der Waals surface area (Å²) in [7, 11) is 0. The summed E-state index contributed by atoms with van der Waals surface area (Å²) in [4.78, 5) is 10.4. The van der Waals surface area contributed by atoms with E-state index < -0.39 is 0 Å². The zero-order chi connectivity index (χ0) is 11.1. The number of hydrogen-bond donors (Lipinski definition) is 1. The summed E-state index contributed by atoms with van der Waals surface area (Å²) in [6.07, 6.45) is 0. The molecule has 0 aliphatic rings. The van der Waals surface area contributed by atoms with Gasteiger partial charge in [-0.2, -0.15) is 0 Å². The lowest BCUT2D eigenvalue weighted by atomic mass is 10.1. The molecule has 0 amide bonds. The van der Waals surface area contributed by atoms with Crippen molar-refractivity contribution < 1.29 is 9.53 Å². The Morgan fingerprint density at radius 2 is 1.77 bits per heavy atom. The van der Waals surface area contributed by atoms with Crippen LogP contribution in [0.1, 0.15) is 34.6 Å². The summed E-state index contributed by atoms with van der Waals surface area (Å²) < 4.78 is 4.56. The van der Waals surface area contributed by atoms with Crippen LogP contribution in [0, 0.1) is 0 Å². The van der Waals surface area contributed by atoms with E-state index in [9.17, 15) is 4.79 Å². The lowest BCUT2D eigenvalue weighted by Crippen LogP contribution is -2.26. The van der Waals surface area contributed by atoms with Gasteiger partial charge in [0.25, 0.3) is 0 Å². The molecule has 0 aliphatic heterocycles. The standard InChI is InChI=1S/C6H10O2.C4H11N/c1-4-8-6(7)5(2)3;1-4(2,3)5/h2,4H2,1,3H3;5H2,1-3H3. The molecule has 78 valence electrons. The quantitative estimate of drug-likeness (QED) is 0.530. The van der Waals surface area contributed by atoms with Crippen LogP contribution in [-0.2, 0) is 9.53 Å². The van der Waals surface area contributed by atoms with Gasteiger partial charge in [0.05, 0.1) is 6.61 Å². The molecule has 0 atom stereocenters. The van der Waals surface area contributed by atoms with Crippen LogP contribution < -0.4 is 5.73 Å². The lowest BCUT2D eigenvalue weighted by Gasteiger charge is -2.06. The minimum atomic E-state index is -0.312. The average molecular weight is 187 g/mol. The summed E-state index contributed by atoms with van der Waals surface area (Å²) in [6, 6.07) is 0. The molecule has 0 aromatic heterocycles. The van der Waals surface area contributed by atoms with Crippen LogP contribution in [0.3, 0.4) is 0 Å². The number of nitrogens with two attached hydrogens (primary N) is 1. The monoisotopic (exact) mass is 187 g/mol. The molecule has 0 spiro atoms. The third-order valence-corrected chi connectivity index (χ3v) is 0.624. The first kappa shape index (κ1) is 14.7. The number of carbonyl (C=O) groups excluding carboxylic acids is 1. The molecule has 0 heterocycles. The molecule has 0 fully saturated rings. The fourth-order valence-electron chi connectivity index (χ4n) is 0.254. The van der Waals surface area contributed by atoms with E-state index in [2.05, 4.69) is 11.3 Å². The molecule has 0 aromatic rings. The van der Waals surface area contributed by atoms with Gasteiger partial charge in [-0.3, -0.25) is 0 Å². The Morgan fingerprint density at radius 1 is 1.46 bits per heavy atom. The summed E-state index contributed by atoms with van der Waals surface area (Å²) in [5.74, 6) is -0.312. The van der Waals surface area contributed by atoms with Crippen LogP contribution >= 0.6 is 0 Å². The number of hydrogen-bond acceptors (Lipinski definition) is 3. The second-order valence-corrected chi connectivity index (χ2v) is 3.87. The number of carbonyl (C=O) groups is 1. The minimum absolute atomic E-state index is 0. The maximum absolute atomic E-state index is 10.4. The Kier molecular flexibility index (Phi) is 7.52. The molecule has 0 unspecified atom stereocenters. The predicted octanol–water partition coefficient (Wildman–Crippen LogP) is 1.87. The molecule has 3 nitrogen and oxygen atoms in total. The molecule has 0 saturated heterocycles. The highest BCUT2D eigenvalue weighted by atomic mass is 16.5. The number of rotatable bonds is 2. The summed E-state index contributed by atoms with van der Waals surface area (Å²) in [6.45, 7) is 13.1. The zero-order valence-electron chi connectivity index (χ0n) is 9.31. The summed E-state index contributed by atoms with van der Waals surface area (Å²) in [5, 5.41) is 0. The predicted molar refractivity (Wildman–Crippen MR) is 55.4 cm³/mol. The highest BCUT2D eigenvalue weighted by molar-refractivity contribution is 5.86. The van der Waals surface area contributed by atoms with E-state index >= 15 is 0 Å². The summed E-state index contributed by atoms with van der Waals surface area (Å²) >= 11 is 0. The first-order valence-electron chi connectivity index (χ1n) is 4.30. The first-order valence-corrected chi connectivity index (χ1v) is 4.30. The van der Waals surface area contributed by atoms with Crippen molar-refractivity contribution in [1.29, 1.82) is 0 Å². The van der Waals surface area contributed by atoms with Gasteiger partial charge < -0.3 is 10.5 Å². The Bertz CT molecular complexity index is 162. The zero-order valence-corrected chi connectivity index (χ0v) is 9.31. The second-order valence-electron chi connectivity index (χ2n) is 3.87. The average Bonchev–Trinajstić information content (AvgIpc) is 1.84. The molecular weight excluding hydrogens is 166 g/mol. The highest BCUT2D eigenvalue weighted by Gasteiger charge is 1.98. The van der Waals surface area contributed by atoms with Crippen LogP contribution in [0.25, 0.3) is 0 Å². The molecule has 0 rings (SSSR count). The van der Waals surface area contributed by atoms with Gasteiger partial charge in [0.2, 0.25) is 0 Å². The van der Waals surface area contributed by atoms with Crippen molar-refractivity contribution in [3.05, 3.63) is 12.2 Å². The normalized spacial score (nSPS) is 9.69. The van der Waals surface area contributed by atoms with Gasteiger partial charge in [-0.15, -0.1) is 0 Å². The van der Waals surface area contributed by atoms with Gasteiger partial charge in [-0.05, 0) is 34.6 Å². The smallest absolute Gasteiger partial charge is 0.333 e. The van der Waals surface area contributed by atoms with Crippen LogP contribution in [0.2, 0.25) is 0 Å². The third kappa shape index (κ3) is 24.7. The van der Waals surface area contributed by atoms with E-state index in [1.54, 1.807) is 13.8 Å². The van der Waals surface area contributed by atoms with E-state index in [1.807, 2.05) is 20.8 Å². The topological polar surface area (TPSA) is 52.3 Å². The SMILES string of the molecule is C=C(C)C(=O)OCC.CC(C)(C)N. The van der Waals surface area contributed by atoms with E-state index in [4.69, 9.17) is 5.73 Å². The van der Waals surface area contributed by atoms with Crippen LogP contribution in [-0.4, -0.2) is 18.1 Å². The van der Waals surface area contributed by atoms with Crippen molar-refractivity contribution in [1.82, 2.24) is 0 Å². The van der Waals surface area contributed by atoms with Crippen LogP contribution in [0.4, 0.5) is 0 Å². The van der Waals surface area contributed by atoms with E-state index in [0.717, 1.165) is 0 Å². The van der Waals surface area contributed by atoms with Crippen molar-refractivity contribution in [3.8, 4) is 0 Å². The maximum Gasteiger partial charge on any atom is 0.333 e. The van der Waals surface area contributed by atoms with Gasteiger partial charge in [-0.25, -0.2) is 4.79 Å². The molecule has 0 bridgehead atoms. The van der Waals surface area contributed by atoms with Crippen LogP contribution in [0.15, 0.2) is 12.2 Å². The van der Waals surface area contributed by atoms with Gasteiger partial charge in [0.1, 0.15) is 0 Å². The minimum Gasteiger partial charge on any atom is -0.463 e. The van der Waals surface area contributed by atoms with Crippen molar-refractivity contribution in [2.45, 2.75) is 40.2 Å². The van der Waals surface area contributed by atoms with Crippen molar-refractivity contribution in [2.75, 3.05) is 6.61 Å². The molecule has 0 radical (unpaired) electrons. The van der Waals surface area contributed by atoms with Crippen molar-refractivity contribution >= 4 is 5.97 Å². The van der Waals surface area contributed by atoms with Crippen molar-refractivity contribution in [2.24, 2.45) is 5.73 Å². The summed E-state index contributed by atoms with van der Waals surface area (Å²) in [5.41, 5.74) is 5.80. The molecule has 3 heteroatoms. The van der Waals surface area contributed by atoms with Gasteiger partial charge in [-0.1, -0.05) is 6.58 Å². The fraction of sp³-hybridized carbons (Fsp3) is 0.700. The Balaban J connectivity index is 0. The maximum atomic E-state index is 10.4. The van der Waals surface area contributed by atoms with Gasteiger partial charge in [0.15, 0.2) is 0 Å². The van der Waals surface area contributed by atoms with E-state index in [1.165, 1.54) is 0 Å². The molecule has 2 N–H and O–H groups in total. The largest absolute Gasteiger partial charge is 0.463 e. The Hall–Kier alpha value is -0.830. The van der Waals surface area contributed by atoms with Crippen LogP contribution in [0.5, 0.6) is 0 Å². The lowest BCUT2D eigenvalue weighted by molar-refractivity contribution is -0.138. The van der Waals surface area contributed by atoms with E-state index in [0.29, 0.717) is 12.2 Å². The molecule has 0 aliphatic carbocycles. The highest BCUT2D eigenvalue weighted by Crippen LogP contribution is 1.89. The second kappa shape index (κ2) is 6.66. The van der Waals surface area contributed by atoms with Crippen molar-refractivity contribution in [3.63, 3.8) is 0 Å².